The average Bonchev–Trinajstić information content (AvgIpc) is 2.66. The number of rotatable bonds is 8. The van der Waals surface area contributed by atoms with Gasteiger partial charge in [-0.2, -0.15) is 14.9 Å². The smallest absolute Gasteiger partial charge is 0.315 e. The minimum absolute atomic E-state index is 0.0565. The summed E-state index contributed by atoms with van der Waals surface area (Å²) in [5.74, 6) is -1.04. The summed E-state index contributed by atoms with van der Waals surface area (Å²) in [4.78, 5) is 33.7. The van der Waals surface area contributed by atoms with Gasteiger partial charge in [-0.25, -0.2) is 0 Å². The van der Waals surface area contributed by atoms with Gasteiger partial charge in [0.05, 0.1) is 31.8 Å². The molecule has 0 amide bonds. The SMILES string of the molecule is COc1cc(/C=N\n2c(=S)[nH]nc(CCC(=O)O)c2=O)cc([N+](=O)[O-])c1OC. The number of ether oxygens (including phenoxy) is 2. The summed E-state index contributed by atoms with van der Waals surface area (Å²) in [6.07, 6.45) is 0.761. The van der Waals surface area contributed by atoms with E-state index in [1.165, 1.54) is 32.6 Å². The third-order valence-electron chi connectivity index (χ3n) is 3.49. The largest absolute Gasteiger partial charge is 0.493 e. The van der Waals surface area contributed by atoms with E-state index in [1.807, 2.05) is 0 Å². The molecule has 0 aliphatic carbocycles. The molecule has 0 spiro atoms. The van der Waals surface area contributed by atoms with Crippen molar-refractivity contribution in [2.24, 2.45) is 5.10 Å². The maximum absolute atomic E-state index is 12.4. The first kappa shape index (κ1) is 20.7. The van der Waals surface area contributed by atoms with Crippen molar-refractivity contribution in [2.45, 2.75) is 12.8 Å². The molecule has 2 aromatic rings. The van der Waals surface area contributed by atoms with Crippen molar-refractivity contribution >= 4 is 30.1 Å². The van der Waals surface area contributed by atoms with Crippen LogP contribution < -0.4 is 15.0 Å². The number of nitro groups is 1. The van der Waals surface area contributed by atoms with Crippen LogP contribution in [0, 0.1) is 14.9 Å². The minimum atomic E-state index is -1.09. The Labute approximate surface area is 162 Å². The Morgan fingerprint density at radius 1 is 1.46 bits per heavy atom. The number of nitro benzene ring substituents is 1. The second-order valence-electron chi connectivity index (χ2n) is 5.26. The zero-order valence-electron chi connectivity index (χ0n) is 14.7. The van der Waals surface area contributed by atoms with E-state index in [9.17, 15) is 19.7 Å². The molecule has 148 valence electrons. The Kier molecular flexibility index (Phi) is 6.55. The molecule has 0 saturated heterocycles. The molecule has 2 rings (SSSR count). The molecule has 0 radical (unpaired) electrons. The normalized spacial score (nSPS) is 10.8. The molecule has 1 aromatic carbocycles. The summed E-state index contributed by atoms with van der Waals surface area (Å²) in [7, 11) is 2.59. The lowest BCUT2D eigenvalue weighted by Crippen LogP contribution is -2.25. The van der Waals surface area contributed by atoms with Gasteiger partial charge >= 0.3 is 11.7 Å². The van der Waals surface area contributed by atoms with Crippen molar-refractivity contribution in [3.05, 3.63) is 48.6 Å². The van der Waals surface area contributed by atoms with Crippen LogP contribution in [0.4, 0.5) is 5.69 Å². The maximum atomic E-state index is 12.4. The van der Waals surface area contributed by atoms with E-state index in [2.05, 4.69) is 15.3 Å². The molecule has 0 atom stereocenters. The summed E-state index contributed by atoms with van der Waals surface area (Å²) < 4.78 is 10.8. The van der Waals surface area contributed by atoms with Crippen molar-refractivity contribution in [3.8, 4) is 11.5 Å². The summed E-state index contributed by atoms with van der Waals surface area (Å²) in [5.41, 5.74) is -0.866. The van der Waals surface area contributed by atoms with Crippen LogP contribution in [-0.2, 0) is 11.2 Å². The zero-order chi connectivity index (χ0) is 20.8. The third-order valence-corrected chi connectivity index (χ3v) is 3.76. The molecule has 12 nitrogen and oxygen atoms in total. The van der Waals surface area contributed by atoms with Gasteiger partial charge in [0.1, 0.15) is 5.69 Å². The Bertz CT molecular complexity index is 1060. The maximum Gasteiger partial charge on any atom is 0.315 e. The average molecular weight is 409 g/mol. The van der Waals surface area contributed by atoms with Gasteiger partial charge in [-0.05, 0) is 18.3 Å². The summed E-state index contributed by atoms with van der Waals surface area (Å²) in [6, 6.07) is 2.62. The zero-order valence-corrected chi connectivity index (χ0v) is 15.6. The number of H-pyrrole nitrogens is 1. The number of carboxylic acids is 1. The summed E-state index contributed by atoms with van der Waals surface area (Å²) in [5, 5.41) is 30.0. The van der Waals surface area contributed by atoms with Gasteiger partial charge in [0, 0.05) is 18.1 Å². The van der Waals surface area contributed by atoms with E-state index < -0.39 is 16.5 Å². The van der Waals surface area contributed by atoms with Crippen molar-refractivity contribution in [1.82, 2.24) is 14.9 Å². The molecule has 1 aromatic heterocycles. The number of aromatic nitrogens is 3. The van der Waals surface area contributed by atoms with Crippen LogP contribution in [-0.4, -0.2) is 51.3 Å². The van der Waals surface area contributed by atoms with Gasteiger partial charge in [0.15, 0.2) is 5.75 Å². The minimum Gasteiger partial charge on any atom is -0.493 e. The highest BCUT2D eigenvalue weighted by atomic mass is 32.1. The number of aromatic amines is 1. The van der Waals surface area contributed by atoms with Crippen LogP contribution in [0.5, 0.6) is 11.5 Å². The monoisotopic (exact) mass is 409 g/mol. The number of carboxylic acid groups (broad SMARTS) is 1. The Morgan fingerprint density at radius 3 is 2.75 bits per heavy atom. The van der Waals surface area contributed by atoms with E-state index in [-0.39, 0.29) is 46.1 Å². The third kappa shape index (κ3) is 4.56. The molecule has 28 heavy (non-hydrogen) atoms. The number of nitrogens with one attached hydrogen (secondary N) is 1. The number of aryl methyl sites for hydroxylation is 1. The molecule has 2 N–H and O–H groups in total. The number of hydrogen-bond donors (Lipinski definition) is 2. The molecular weight excluding hydrogens is 394 g/mol. The van der Waals surface area contributed by atoms with Gasteiger partial charge in [-0.15, -0.1) is 0 Å². The van der Waals surface area contributed by atoms with E-state index in [0.717, 1.165) is 4.68 Å². The number of nitrogens with zero attached hydrogens (tertiary/aromatic N) is 4. The second-order valence-corrected chi connectivity index (χ2v) is 5.65. The molecule has 0 aliphatic rings. The fourth-order valence-corrected chi connectivity index (χ4v) is 2.39. The van der Waals surface area contributed by atoms with E-state index in [4.69, 9.17) is 26.8 Å². The van der Waals surface area contributed by atoms with Crippen LogP contribution in [0.25, 0.3) is 0 Å². The molecule has 0 aliphatic heterocycles. The standard InChI is InChI=1S/C15H15N5O7S/c1-26-11-6-8(5-10(20(24)25)13(11)27-2)7-16-19-14(23)9(3-4-12(21)22)17-18-15(19)28/h5-7H,3-4H2,1-2H3,(H,18,28)(H,21,22)/b16-7-. The predicted molar refractivity (Wildman–Crippen MR) is 98.8 cm³/mol. The Morgan fingerprint density at radius 2 is 2.18 bits per heavy atom. The van der Waals surface area contributed by atoms with Gasteiger partial charge in [0.25, 0.3) is 5.56 Å². The number of benzene rings is 1. The van der Waals surface area contributed by atoms with Crippen molar-refractivity contribution in [2.75, 3.05) is 14.2 Å². The molecule has 1 heterocycles. The Balaban J connectivity index is 2.49. The molecule has 13 heteroatoms. The van der Waals surface area contributed by atoms with Crippen LogP contribution in [0.1, 0.15) is 17.7 Å². The lowest BCUT2D eigenvalue weighted by atomic mass is 10.2. The van der Waals surface area contributed by atoms with Gasteiger partial charge < -0.3 is 14.6 Å². The van der Waals surface area contributed by atoms with Crippen LogP contribution >= 0.6 is 12.2 Å². The first-order chi connectivity index (χ1) is 13.3. The van der Waals surface area contributed by atoms with E-state index in [0.29, 0.717) is 0 Å². The van der Waals surface area contributed by atoms with Gasteiger partial charge in [-0.3, -0.25) is 24.8 Å². The van der Waals surface area contributed by atoms with Gasteiger partial charge in [-0.1, -0.05) is 0 Å². The highest BCUT2D eigenvalue weighted by Crippen LogP contribution is 2.37. The molecular formula is C15H15N5O7S. The number of carbonyl (C=O) groups is 1. The van der Waals surface area contributed by atoms with Crippen LogP contribution in [0.15, 0.2) is 22.0 Å². The van der Waals surface area contributed by atoms with Crippen molar-refractivity contribution in [1.29, 1.82) is 0 Å². The van der Waals surface area contributed by atoms with Crippen molar-refractivity contribution < 1.29 is 24.3 Å². The quantitative estimate of drug-likeness (QED) is 0.281. The Hall–Kier alpha value is -3.61. The number of hydrogen-bond acceptors (Lipinski definition) is 9. The lowest BCUT2D eigenvalue weighted by molar-refractivity contribution is -0.385. The highest BCUT2D eigenvalue weighted by Gasteiger charge is 2.21. The first-order valence-electron chi connectivity index (χ1n) is 7.65. The van der Waals surface area contributed by atoms with E-state index in [1.54, 1.807) is 0 Å². The topological polar surface area (TPSA) is 162 Å². The second kappa shape index (κ2) is 8.85. The highest BCUT2D eigenvalue weighted by molar-refractivity contribution is 7.71. The van der Waals surface area contributed by atoms with Crippen molar-refractivity contribution in [3.63, 3.8) is 0 Å². The summed E-state index contributed by atoms with van der Waals surface area (Å²) >= 11 is 4.97. The molecule has 0 unspecified atom stereocenters. The lowest BCUT2D eigenvalue weighted by Gasteiger charge is -2.08. The predicted octanol–water partition coefficient (Wildman–Crippen LogP) is 1.13. The first-order valence-corrected chi connectivity index (χ1v) is 8.06. The fraction of sp³-hybridized carbons (Fsp3) is 0.267. The fourth-order valence-electron chi connectivity index (χ4n) is 2.22. The van der Waals surface area contributed by atoms with E-state index >= 15 is 0 Å². The van der Waals surface area contributed by atoms with Crippen LogP contribution in [0.3, 0.4) is 0 Å². The number of methoxy groups -OCH3 is 2. The van der Waals surface area contributed by atoms with Crippen LogP contribution in [0.2, 0.25) is 0 Å². The molecule has 0 fully saturated rings. The number of aliphatic carboxylic acids is 1. The van der Waals surface area contributed by atoms with Gasteiger partial charge in [0.2, 0.25) is 10.5 Å². The summed E-state index contributed by atoms with van der Waals surface area (Å²) in [6.45, 7) is 0. The molecule has 0 bridgehead atoms. The molecule has 0 saturated carbocycles.